The first-order valence-corrected chi connectivity index (χ1v) is 8.32. The quantitative estimate of drug-likeness (QED) is 0.358. The summed E-state index contributed by atoms with van der Waals surface area (Å²) in [7, 11) is 0. The summed E-state index contributed by atoms with van der Waals surface area (Å²) >= 11 is 3.46. The highest BCUT2D eigenvalue weighted by atomic mass is 79.9. The molecule has 0 spiro atoms. The van der Waals surface area contributed by atoms with Gasteiger partial charge < -0.3 is 4.74 Å². The summed E-state index contributed by atoms with van der Waals surface area (Å²) in [6, 6.07) is 0. The van der Waals surface area contributed by atoms with E-state index in [1.165, 1.54) is 51.4 Å². The molecule has 0 unspecified atom stereocenters. The molecule has 2 heteroatoms. The lowest BCUT2D eigenvalue weighted by molar-refractivity contribution is 0.105. The third-order valence-electron chi connectivity index (χ3n) is 2.92. The van der Waals surface area contributed by atoms with Crippen LogP contribution in [0.3, 0.4) is 0 Å². The molecule has 0 fully saturated rings. The minimum Gasteiger partial charge on any atom is -0.381 e. The fourth-order valence-corrected chi connectivity index (χ4v) is 2.06. The highest BCUT2D eigenvalue weighted by Gasteiger charge is 2.08. The Hall–Kier alpha value is 0.440. The zero-order valence-electron chi connectivity index (χ0n) is 12.1. The Kier molecular flexibility index (Phi) is 11.8. The second kappa shape index (κ2) is 11.5. The number of halogens is 1. The van der Waals surface area contributed by atoms with Crippen molar-refractivity contribution >= 4 is 15.9 Å². The Labute approximate surface area is 117 Å². The molecule has 0 amide bonds. The van der Waals surface area contributed by atoms with Crippen LogP contribution in [0, 0.1) is 5.41 Å². The zero-order chi connectivity index (χ0) is 13.0. The largest absolute Gasteiger partial charge is 0.381 e. The maximum atomic E-state index is 5.65. The lowest BCUT2D eigenvalue weighted by atomic mass is 9.93. The normalized spacial score (nSPS) is 12.0. The highest BCUT2D eigenvalue weighted by Crippen LogP contribution is 2.18. The number of hydrogen-bond donors (Lipinski definition) is 0. The molecule has 0 saturated heterocycles. The van der Waals surface area contributed by atoms with Gasteiger partial charge in [0.2, 0.25) is 0 Å². The molecular weight excluding hydrogens is 276 g/mol. The van der Waals surface area contributed by atoms with Gasteiger partial charge in [-0.2, -0.15) is 0 Å². The molecule has 104 valence electrons. The van der Waals surface area contributed by atoms with E-state index in [1.807, 2.05) is 0 Å². The van der Waals surface area contributed by atoms with Crippen molar-refractivity contribution in [2.75, 3.05) is 18.5 Å². The van der Waals surface area contributed by atoms with Crippen LogP contribution >= 0.6 is 15.9 Å². The number of ether oxygens (including phenoxy) is 1. The molecule has 0 aliphatic rings. The molecule has 0 rings (SSSR count). The van der Waals surface area contributed by atoms with Crippen molar-refractivity contribution in [3.63, 3.8) is 0 Å². The van der Waals surface area contributed by atoms with Crippen molar-refractivity contribution in [1.82, 2.24) is 0 Å². The first-order valence-electron chi connectivity index (χ1n) is 7.20. The van der Waals surface area contributed by atoms with E-state index in [1.54, 1.807) is 0 Å². The second-order valence-electron chi connectivity index (χ2n) is 6.09. The standard InChI is InChI=1S/C15H31BrO/c1-15(2,3)11-14-17-13-10-8-6-4-5-7-9-12-16/h4-14H2,1-3H3. The molecule has 0 aromatic carbocycles. The summed E-state index contributed by atoms with van der Waals surface area (Å²) in [5.74, 6) is 0. The Balaban J connectivity index is 2.99. The van der Waals surface area contributed by atoms with Crippen LogP contribution in [0.2, 0.25) is 0 Å². The molecule has 0 aromatic rings. The van der Waals surface area contributed by atoms with Crippen LogP contribution < -0.4 is 0 Å². The van der Waals surface area contributed by atoms with Crippen LogP contribution in [0.25, 0.3) is 0 Å². The molecule has 0 atom stereocenters. The summed E-state index contributed by atoms with van der Waals surface area (Å²) in [4.78, 5) is 0. The van der Waals surface area contributed by atoms with Gasteiger partial charge in [-0.1, -0.05) is 68.8 Å². The van der Waals surface area contributed by atoms with Crippen molar-refractivity contribution in [2.45, 2.75) is 72.1 Å². The molecule has 0 aliphatic heterocycles. The highest BCUT2D eigenvalue weighted by molar-refractivity contribution is 9.09. The van der Waals surface area contributed by atoms with E-state index < -0.39 is 0 Å². The van der Waals surface area contributed by atoms with Gasteiger partial charge in [-0.05, 0) is 24.7 Å². The summed E-state index contributed by atoms with van der Waals surface area (Å²) in [5, 5.41) is 1.16. The Bertz CT molecular complexity index is 151. The van der Waals surface area contributed by atoms with Crippen LogP contribution in [-0.2, 0) is 4.74 Å². The van der Waals surface area contributed by atoms with Crippen LogP contribution in [0.1, 0.15) is 72.1 Å². The number of rotatable bonds is 11. The third-order valence-corrected chi connectivity index (χ3v) is 3.48. The van der Waals surface area contributed by atoms with E-state index in [0.29, 0.717) is 5.41 Å². The fourth-order valence-electron chi connectivity index (χ4n) is 1.66. The van der Waals surface area contributed by atoms with Crippen LogP contribution in [0.4, 0.5) is 0 Å². The first kappa shape index (κ1) is 17.4. The van der Waals surface area contributed by atoms with Gasteiger partial charge in [-0.15, -0.1) is 0 Å². The third kappa shape index (κ3) is 16.4. The smallest absolute Gasteiger partial charge is 0.0471 e. The van der Waals surface area contributed by atoms with Gasteiger partial charge in [0.1, 0.15) is 0 Å². The summed E-state index contributed by atoms with van der Waals surface area (Å²) < 4.78 is 5.65. The molecule has 17 heavy (non-hydrogen) atoms. The summed E-state index contributed by atoms with van der Waals surface area (Å²) in [6.45, 7) is 8.68. The Morgan fingerprint density at radius 3 is 1.82 bits per heavy atom. The first-order chi connectivity index (χ1) is 8.06. The van der Waals surface area contributed by atoms with Gasteiger partial charge in [0.15, 0.2) is 0 Å². The maximum absolute atomic E-state index is 5.65. The van der Waals surface area contributed by atoms with E-state index >= 15 is 0 Å². The molecule has 0 bridgehead atoms. The molecule has 0 N–H and O–H groups in total. The predicted molar refractivity (Wildman–Crippen MR) is 81.0 cm³/mol. The van der Waals surface area contributed by atoms with Gasteiger partial charge >= 0.3 is 0 Å². The molecule has 0 aromatic heterocycles. The maximum Gasteiger partial charge on any atom is 0.0471 e. The monoisotopic (exact) mass is 306 g/mol. The Morgan fingerprint density at radius 1 is 0.765 bits per heavy atom. The molecule has 0 saturated carbocycles. The van der Waals surface area contributed by atoms with Gasteiger partial charge in [-0.25, -0.2) is 0 Å². The van der Waals surface area contributed by atoms with E-state index in [-0.39, 0.29) is 0 Å². The average molecular weight is 307 g/mol. The zero-order valence-corrected chi connectivity index (χ0v) is 13.7. The molecule has 1 nitrogen and oxygen atoms in total. The lowest BCUT2D eigenvalue weighted by Gasteiger charge is -2.17. The minimum atomic E-state index is 0.412. The summed E-state index contributed by atoms with van der Waals surface area (Å²) in [5.41, 5.74) is 0.412. The number of unbranched alkanes of at least 4 members (excludes halogenated alkanes) is 6. The molecule has 0 radical (unpaired) electrons. The summed E-state index contributed by atoms with van der Waals surface area (Å²) in [6.07, 6.45) is 10.6. The van der Waals surface area contributed by atoms with Crippen molar-refractivity contribution in [2.24, 2.45) is 5.41 Å². The van der Waals surface area contributed by atoms with Gasteiger partial charge in [0.05, 0.1) is 0 Å². The van der Waals surface area contributed by atoms with E-state index in [9.17, 15) is 0 Å². The number of hydrogen-bond acceptors (Lipinski definition) is 1. The van der Waals surface area contributed by atoms with Crippen molar-refractivity contribution in [1.29, 1.82) is 0 Å². The van der Waals surface area contributed by atoms with Gasteiger partial charge in [-0.3, -0.25) is 0 Å². The minimum absolute atomic E-state index is 0.412. The van der Waals surface area contributed by atoms with Crippen LogP contribution in [-0.4, -0.2) is 18.5 Å². The Morgan fingerprint density at radius 2 is 1.29 bits per heavy atom. The fraction of sp³-hybridized carbons (Fsp3) is 1.00. The van der Waals surface area contributed by atoms with Crippen molar-refractivity contribution in [3.8, 4) is 0 Å². The lowest BCUT2D eigenvalue weighted by Crippen LogP contribution is -2.09. The molecular formula is C15H31BrO. The van der Waals surface area contributed by atoms with E-state index in [0.717, 1.165) is 18.5 Å². The van der Waals surface area contributed by atoms with E-state index in [2.05, 4.69) is 36.7 Å². The second-order valence-corrected chi connectivity index (χ2v) is 6.88. The van der Waals surface area contributed by atoms with Crippen LogP contribution in [0.15, 0.2) is 0 Å². The SMILES string of the molecule is CC(C)(C)CCOCCCCCCCCCBr. The topological polar surface area (TPSA) is 9.23 Å². The molecule has 0 aliphatic carbocycles. The van der Waals surface area contributed by atoms with Crippen LogP contribution in [0.5, 0.6) is 0 Å². The number of alkyl halides is 1. The predicted octanol–water partition coefficient (Wildman–Crippen LogP) is 5.56. The molecule has 0 heterocycles. The van der Waals surface area contributed by atoms with Gasteiger partial charge in [0.25, 0.3) is 0 Å². The van der Waals surface area contributed by atoms with E-state index in [4.69, 9.17) is 4.74 Å². The average Bonchev–Trinajstić information content (AvgIpc) is 2.24. The van der Waals surface area contributed by atoms with Crippen molar-refractivity contribution in [3.05, 3.63) is 0 Å². The van der Waals surface area contributed by atoms with Gasteiger partial charge in [0, 0.05) is 18.5 Å². The van der Waals surface area contributed by atoms with Crippen molar-refractivity contribution < 1.29 is 4.74 Å².